The Hall–Kier alpha value is -1.70. The molecular formula is C18H21NO4S2. The minimum absolute atomic E-state index is 0.0680. The van der Waals surface area contributed by atoms with Crippen molar-refractivity contribution < 1.29 is 19.7 Å². The van der Waals surface area contributed by atoms with Crippen LogP contribution >= 0.6 is 21.6 Å². The van der Waals surface area contributed by atoms with Crippen LogP contribution in [0.4, 0.5) is 0 Å². The van der Waals surface area contributed by atoms with Crippen molar-refractivity contribution in [3.05, 3.63) is 58.9 Å². The molecule has 1 aromatic carbocycles. The molecule has 5 nitrogen and oxygen atoms in total. The first-order chi connectivity index (χ1) is 12.1. The summed E-state index contributed by atoms with van der Waals surface area (Å²) < 4.78 is 5.22. The Morgan fingerprint density at radius 3 is 2.72 bits per heavy atom. The number of carbonyl (C=O) groups excluding carboxylic acids is 1. The molecule has 0 saturated carbocycles. The molecule has 0 radical (unpaired) electrons. The molecule has 0 aliphatic heterocycles. The van der Waals surface area contributed by atoms with Crippen molar-refractivity contribution in [3.8, 4) is 5.75 Å². The number of aliphatic hydroxyl groups excluding tert-OH is 1. The second-order valence-electron chi connectivity index (χ2n) is 5.29. The molecule has 134 valence electrons. The predicted molar refractivity (Wildman–Crippen MR) is 102 cm³/mol. The van der Waals surface area contributed by atoms with E-state index in [9.17, 15) is 15.0 Å². The van der Waals surface area contributed by atoms with Crippen molar-refractivity contribution in [3.63, 3.8) is 0 Å². The van der Waals surface area contributed by atoms with Gasteiger partial charge in [0.15, 0.2) is 0 Å². The molecule has 0 spiro atoms. The number of nitrogens with zero attached hydrogens (tertiary/aromatic N) is 1. The summed E-state index contributed by atoms with van der Waals surface area (Å²) in [6.45, 7) is 1.89. The van der Waals surface area contributed by atoms with Crippen molar-refractivity contribution in [1.29, 1.82) is 0 Å². The molecule has 0 aliphatic rings. The van der Waals surface area contributed by atoms with Gasteiger partial charge in [0.05, 0.1) is 24.5 Å². The van der Waals surface area contributed by atoms with Gasteiger partial charge in [-0.15, -0.1) is 0 Å². The Balaban J connectivity index is 1.64. The Morgan fingerprint density at radius 2 is 2.00 bits per heavy atom. The van der Waals surface area contributed by atoms with E-state index in [1.807, 2.05) is 6.07 Å². The minimum Gasteiger partial charge on any atom is -0.506 e. The van der Waals surface area contributed by atoms with Crippen molar-refractivity contribution in [1.82, 2.24) is 4.98 Å². The van der Waals surface area contributed by atoms with E-state index in [0.717, 1.165) is 17.7 Å². The van der Waals surface area contributed by atoms with E-state index in [4.69, 9.17) is 4.74 Å². The molecule has 1 aromatic heterocycles. The number of rotatable bonds is 9. The first-order valence-electron chi connectivity index (χ1n) is 7.87. The Morgan fingerprint density at radius 1 is 1.24 bits per heavy atom. The third-order valence-corrected chi connectivity index (χ3v) is 5.91. The predicted octanol–water partition coefficient (Wildman–Crippen LogP) is 3.72. The van der Waals surface area contributed by atoms with Gasteiger partial charge in [0.1, 0.15) is 5.75 Å². The summed E-state index contributed by atoms with van der Waals surface area (Å²) in [6.07, 6.45) is 2.45. The van der Waals surface area contributed by atoms with E-state index < -0.39 is 0 Å². The highest BCUT2D eigenvalue weighted by molar-refractivity contribution is 8.76. The molecule has 1 heterocycles. The molecule has 0 amide bonds. The van der Waals surface area contributed by atoms with Gasteiger partial charge >= 0.3 is 5.97 Å². The van der Waals surface area contributed by atoms with Crippen LogP contribution in [-0.4, -0.2) is 33.5 Å². The Kier molecular flexibility index (Phi) is 8.11. The summed E-state index contributed by atoms with van der Waals surface area (Å²) >= 11 is 0. The lowest BCUT2D eigenvalue weighted by Crippen LogP contribution is -2.06. The van der Waals surface area contributed by atoms with Gasteiger partial charge in [-0.1, -0.05) is 39.8 Å². The molecular weight excluding hydrogens is 358 g/mol. The van der Waals surface area contributed by atoms with Crippen LogP contribution in [0.3, 0.4) is 0 Å². The number of aliphatic hydroxyl groups is 1. The van der Waals surface area contributed by atoms with E-state index in [2.05, 4.69) is 4.98 Å². The maximum atomic E-state index is 11.8. The summed E-state index contributed by atoms with van der Waals surface area (Å²) in [5.74, 6) is 1.25. The molecule has 0 bridgehead atoms. The van der Waals surface area contributed by atoms with Gasteiger partial charge in [0.25, 0.3) is 0 Å². The quantitative estimate of drug-likeness (QED) is 0.390. The third kappa shape index (κ3) is 5.95. The van der Waals surface area contributed by atoms with E-state index in [-0.39, 0.29) is 18.3 Å². The first kappa shape index (κ1) is 19.6. The van der Waals surface area contributed by atoms with Crippen LogP contribution in [0.5, 0.6) is 5.75 Å². The zero-order valence-corrected chi connectivity index (χ0v) is 15.6. The Labute approximate surface area is 155 Å². The van der Waals surface area contributed by atoms with Gasteiger partial charge in [-0.2, -0.15) is 0 Å². The van der Waals surface area contributed by atoms with E-state index in [0.29, 0.717) is 29.2 Å². The number of ether oxygens (including phenoxy) is 1. The highest BCUT2D eigenvalue weighted by Crippen LogP contribution is 2.31. The highest BCUT2D eigenvalue weighted by atomic mass is 33.1. The fourth-order valence-corrected chi connectivity index (χ4v) is 4.24. The summed E-state index contributed by atoms with van der Waals surface area (Å²) in [4.78, 5) is 15.9. The number of benzene rings is 1. The van der Waals surface area contributed by atoms with Gasteiger partial charge in [-0.25, -0.2) is 4.79 Å². The summed E-state index contributed by atoms with van der Waals surface area (Å²) in [5.41, 5.74) is 2.45. The molecule has 0 fully saturated rings. The van der Waals surface area contributed by atoms with E-state index >= 15 is 0 Å². The van der Waals surface area contributed by atoms with Crippen molar-refractivity contribution in [2.75, 3.05) is 12.4 Å². The first-order valence-corrected chi connectivity index (χ1v) is 10.4. The molecule has 2 aromatic rings. The molecule has 2 N–H and O–H groups in total. The molecule has 7 heteroatoms. The number of esters is 1. The van der Waals surface area contributed by atoms with E-state index in [1.165, 1.54) is 0 Å². The largest absolute Gasteiger partial charge is 0.506 e. The van der Waals surface area contributed by atoms with E-state index in [1.54, 1.807) is 59.0 Å². The van der Waals surface area contributed by atoms with Crippen molar-refractivity contribution in [2.45, 2.75) is 25.7 Å². The van der Waals surface area contributed by atoms with Gasteiger partial charge in [-0.3, -0.25) is 4.98 Å². The summed E-state index contributed by atoms with van der Waals surface area (Å²) in [6, 6.07) is 8.94. The smallest absolute Gasteiger partial charge is 0.338 e. The van der Waals surface area contributed by atoms with Crippen molar-refractivity contribution >= 4 is 27.6 Å². The highest BCUT2D eigenvalue weighted by Gasteiger charge is 2.11. The van der Waals surface area contributed by atoms with Gasteiger partial charge < -0.3 is 14.9 Å². The van der Waals surface area contributed by atoms with Crippen LogP contribution in [0.25, 0.3) is 0 Å². The van der Waals surface area contributed by atoms with Crippen LogP contribution in [0.1, 0.15) is 33.6 Å². The minimum atomic E-state index is -0.299. The molecule has 25 heavy (non-hydrogen) atoms. The number of aryl methyl sites for hydroxylation is 1. The number of carbonyl (C=O) groups is 1. The number of aromatic hydroxyl groups is 1. The van der Waals surface area contributed by atoms with Crippen LogP contribution in [0, 0.1) is 6.92 Å². The topological polar surface area (TPSA) is 79.7 Å². The van der Waals surface area contributed by atoms with Crippen molar-refractivity contribution in [2.24, 2.45) is 0 Å². The number of pyridine rings is 1. The lowest BCUT2D eigenvalue weighted by Gasteiger charge is -2.10. The van der Waals surface area contributed by atoms with Crippen LogP contribution < -0.4 is 0 Å². The number of aromatic nitrogens is 1. The average molecular weight is 380 g/mol. The second kappa shape index (κ2) is 10.3. The molecule has 0 unspecified atom stereocenters. The molecule has 0 atom stereocenters. The third-order valence-electron chi connectivity index (χ3n) is 3.50. The Bertz CT molecular complexity index is 695. The summed E-state index contributed by atoms with van der Waals surface area (Å²) in [5, 5.41) is 19.3. The lowest BCUT2D eigenvalue weighted by molar-refractivity contribution is 0.0506. The monoisotopic (exact) mass is 379 g/mol. The molecule has 0 aliphatic carbocycles. The van der Waals surface area contributed by atoms with Gasteiger partial charge in [-0.05, 0) is 31.0 Å². The number of hydrogen-bond acceptors (Lipinski definition) is 7. The zero-order valence-electron chi connectivity index (χ0n) is 14.0. The molecule has 0 saturated heterocycles. The fraction of sp³-hybridized carbons (Fsp3) is 0.333. The molecule has 2 rings (SSSR count). The second-order valence-corrected chi connectivity index (χ2v) is 7.88. The lowest BCUT2D eigenvalue weighted by atomic mass is 10.1. The van der Waals surface area contributed by atoms with Gasteiger partial charge in [0.2, 0.25) is 0 Å². The average Bonchev–Trinajstić information content (AvgIpc) is 2.64. The van der Waals surface area contributed by atoms with Crippen LogP contribution in [-0.2, 0) is 17.1 Å². The number of hydrogen-bond donors (Lipinski definition) is 2. The fourth-order valence-electron chi connectivity index (χ4n) is 2.09. The zero-order chi connectivity index (χ0) is 18.1. The summed E-state index contributed by atoms with van der Waals surface area (Å²) in [7, 11) is 3.28. The normalized spacial score (nSPS) is 10.6. The standard InChI is InChI=1S/C18H21NO4S2/c1-13-17(21)16(11-20)15(10-19-13)12-25-24-9-5-8-23-18(22)14-6-3-2-4-7-14/h2-4,6-7,10,20-21H,5,8-9,11-12H2,1H3. The maximum Gasteiger partial charge on any atom is 0.338 e. The van der Waals surface area contributed by atoms with Crippen LogP contribution in [0.15, 0.2) is 36.5 Å². The van der Waals surface area contributed by atoms with Crippen LogP contribution in [0.2, 0.25) is 0 Å². The van der Waals surface area contributed by atoms with Gasteiger partial charge in [0, 0.05) is 23.3 Å². The maximum absolute atomic E-state index is 11.8. The SMILES string of the molecule is Cc1ncc(CSSCCCOC(=O)c2ccccc2)c(CO)c1O.